The van der Waals surface area contributed by atoms with Gasteiger partial charge >= 0.3 is 57.4 Å². The third kappa shape index (κ3) is 4.50. The minimum absolute atomic E-state index is 0. The number of ether oxygens (including phenoxy) is 4. The van der Waals surface area contributed by atoms with Crippen LogP contribution in [0.3, 0.4) is 0 Å². The molecule has 3 aromatic carbocycles. The molecule has 0 bridgehead atoms. The summed E-state index contributed by atoms with van der Waals surface area (Å²) < 4.78 is 22.2. The Morgan fingerprint density at radius 1 is 0.967 bits per heavy atom. The van der Waals surface area contributed by atoms with Crippen LogP contribution in [0.5, 0.6) is 23.0 Å². The van der Waals surface area contributed by atoms with Gasteiger partial charge in [-0.05, 0) is 35.4 Å². The molecule has 7 heteroatoms. The number of hydrogen-bond acceptors (Lipinski definition) is 6. The van der Waals surface area contributed by atoms with Crippen molar-refractivity contribution in [1.82, 2.24) is 0 Å². The Hall–Kier alpha value is -2.03. The molecule has 3 aromatic rings. The van der Waals surface area contributed by atoms with Gasteiger partial charge < -0.3 is 24.1 Å². The Labute approximate surface area is 217 Å². The van der Waals surface area contributed by atoms with E-state index in [1.165, 1.54) is 12.1 Å². The minimum atomic E-state index is -0.312. The third-order valence-corrected chi connectivity index (χ3v) is 4.78. The normalized spacial score (nSPS) is 11.9. The summed E-state index contributed by atoms with van der Waals surface area (Å²) in [6.07, 6.45) is 0. The monoisotopic (exact) mass is 430 g/mol. The summed E-state index contributed by atoms with van der Waals surface area (Å²) in [5.41, 5.74) is 3.79. The molecule has 0 saturated carbocycles. The van der Waals surface area contributed by atoms with E-state index < -0.39 is 0 Å². The molecule has 0 aromatic heterocycles. The van der Waals surface area contributed by atoms with Crippen LogP contribution >= 0.6 is 0 Å². The largest absolute Gasteiger partial charge is 1.00 e. The zero-order valence-electron chi connectivity index (χ0n) is 17.1. The summed E-state index contributed by atoms with van der Waals surface area (Å²) in [5.74, 6) is 1.09. The molecule has 0 saturated heterocycles. The maximum atomic E-state index is 11.7. The molecule has 1 aliphatic rings. The van der Waals surface area contributed by atoms with Gasteiger partial charge in [0, 0.05) is 11.1 Å². The number of rotatable bonds is 6. The number of cyclic esters (lactones) is 1. The summed E-state index contributed by atoms with van der Waals surface area (Å²) in [6.45, 7) is 0.445. The molecule has 0 radical (unpaired) electrons. The second-order valence-electron chi connectivity index (χ2n) is 6.56. The third-order valence-electron chi connectivity index (χ3n) is 4.78. The van der Waals surface area contributed by atoms with Crippen molar-refractivity contribution in [2.45, 2.75) is 13.2 Å². The van der Waals surface area contributed by atoms with Gasteiger partial charge in [0.1, 0.15) is 13.2 Å². The van der Waals surface area contributed by atoms with E-state index in [2.05, 4.69) is 0 Å². The van der Waals surface area contributed by atoms with E-state index in [1.807, 2.05) is 24.3 Å². The van der Waals surface area contributed by atoms with Gasteiger partial charge in [-0.1, -0.05) is 30.3 Å². The second-order valence-corrected chi connectivity index (χ2v) is 6.56. The van der Waals surface area contributed by atoms with Gasteiger partial charge in [-0.15, -0.1) is 5.75 Å². The van der Waals surface area contributed by atoms with Gasteiger partial charge in [0.2, 0.25) is 5.75 Å². The van der Waals surface area contributed by atoms with Crippen molar-refractivity contribution in [3.05, 3.63) is 71.3 Å². The van der Waals surface area contributed by atoms with Crippen molar-refractivity contribution in [3.63, 3.8) is 0 Å². The zero-order chi connectivity index (χ0) is 20.4. The van der Waals surface area contributed by atoms with Gasteiger partial charge in [0.05, 0.1) is 19.8 Å². The van der Waals surface area contributed by atoms with Crippen molar-refractivity contribution >= 4 is 5.97 Å². The van der Waals surface area contributed by atoms with Crippen LogP contribution in [-0.2, 0) is 18.0 Å². The molecule has 4 rings (SSSR count). The molecule has 0 atom stereocenters. The number of methoxy groups -OCH3 is 2. The number of hydrogen-bond donors (Lipinski definition) is 0. The first-order valence-corrected chi connectivity index (χ1v) is 9.05. The molecule has 0 aliphatic carbocycles. The number of fused-ring (bicyclic) bond motifs is 1. The molecule has 0 unspecified atom stereocenters. The standard InChI is InChI=1S/C23H20O6.K/c1-26-20-9-8-18(15-6-7-19-16(11-15)13-29-23(19)25)21(22(20)27-2)28-12-14-4-3-5-17(24)10-14;/h3-11,24H,12-13H2,1-2H3;/q;+1/p-1. The van der Waals surface area contributed by atoms with Crippen molar-refractivity contribution in [3.8, 4) is 34.1 Å². The van der Waals surface area contributed by atoms with Gasteiger partial charge in [0.25, 0.3) is 0 Å². The second kappa shape index (κ2) is 9.85. The molecular formula is C23H19KO6. The van der Waals surface area contributed by atoms with Gasteiger partial charge in [-0.3, -0.25) is 0 Å². The van der Waals surface area contributed by atoms with Crippen LogP contribution in [-0.4, -0.2) is 20.2 Å². The molecule has 30 heavy (non-hydrogen) atoms. The van der Waals surface area contributed by atoms with Crippen LogP contribution in [0.25, 0.3) is 11.1 Å². The molecular weight excluding hydrogens is 411 g/mol. The number of carbonyl (C=O) groups is 1. The first kappa shape index (κ1) is 22.6. The fourth-order valence-corrected chi connectivity index (χ4v) is 3.36. The van der Waals surface area contributed by atoms with E-state index in [-0.39, 0.29) is 76.3 Å². The van der Waals surface area contributed by atoms with E-state index in [0.29, 0.717) is 22.8 Å². The molecule has 0 spiro atoms. The average Bonchev–Trinajstić information content (AvgIpc) is 3.11. The molecule has 1 aliphatic heterocycles. The van der Waals surface area contributed by atoms with Crippen molar-refractivity contribution in [2.75, 3.05) is 14.2 Å². The molecule has 0 fully saturated rings. The van der Waals surface area contributed by atoms with Crippen molar-refractivity contribution in [1.29, 1.82) is 0 Å². The Balaban J connectivity index is 0.00000256. The van der Waals surface area contributed by atoms with Gasteiger partial charge in [-0.2, -0.15) is 0 Å². The van der Waals surface area contributed by atoms with Crippen LogP contribution in [0.15, 0.2) is 54.6 Å². The van der Waals surface area contributed by atoms with Crippen molar-refractivity contribution < 1.29 is 80.2 Å². The summed E-state index contributed by atoms with van der Waals surface area (Å²) in [5, 5.41) is 11.6. The smallest absolute Gasteiger partial charge is 0.872 e. The SMILES string of the molecule is COc1ccc(-c2ccc3c(c2)COC3=O)c(OCc2cccc([O-])c2)c1OC.[K+]. The Bertz CT molecular complexity index is 1080. The quantitative estimate of drug-likeness (QED) is 0.423. The molecule has 1 heterocycles. The maximum absolute atomic E-state index is 11.7. The Kier molecular flexibility index (Phi) is 7.43. The van der Waals surface area contributed by atoms with E-state index in [9.17, 15) is 9.90 Å². The van der Waals surface area contributed by atoms with Crippen LogP contribution in [0.4, 0.5) is 0 Å². The fourth-order valence-electron chi connectivity index (χ4n) is 3.36. The first-order chi connectivity index (χ1) is 14.1. The van der Waals surface area contributed by atoms with Crippen LogP contribution in [0, 0.1) is 0 Å². The van der Waals surface area contributed by atoms with E-state index in [0.717, 1.165) is 22.3 Å². The topological polar surface area (TPSA) is 77.1 Å². The van der Waals surface area contributed by atoms with Crippen LogP contribution in [0.2, 0.25) is 0 Å². The van der Waals surface area contributed by atoms with Crippen LogP contribution < -0.4 is 70.7 Å². The summed E-state index contributed by atoms with van der Waals surface area (Å²) in [4.78, 5) is 11.7. The van der Waals surface area contributed by atoms with E-state index in [1.54, 1.807) is 32.4 Å². The number of carbonyl (C=O) groups excluding carboxylic acids is 1. The first-order valence-electron chi connectivity index (χ1n) is 9.05. The maximum Gasteiger partial charge on any atom is 1.00 e. The fraction of sp³-hybridized carbons (Fsp3) is 0.174. The van der Waals surface area contributed by atoms with Crippen LogP contribution in [0.1, 0.15) is 21.5 Å². The van der Waals surface area contributed by atoms with E-state index in [4.69, 9.17) is 18.9 Å². The zero-order valence-corrected chi connectivity index (χ0v) is 20.2. The Morgan fingerprint density at radius 3 is 2.50 bits per heavy atom. The molecule has 148 valence electrons. The average molecular weight is 430 g/mol. The van der Waals surface area contributed by atoms with E-state index >= 15 is 0 Å². The summed E-state index contributed by atoms with van der Waals surface area (Å²) in [7, 11) is 3.10. The Morgan fingerprint density at radius 2 is 1.77 bits per heavy atom. The van der Waals surface area contributed by atoms with Gasteiger partial charge in [0.15, 0.2) is 11.5 Å². The molecule has 6 nitrogen and oxygen atoms in total. The summed E-state index contributed by atoms with van der Waals surface area (Å²) >= 11 is 0. The minimum Gasteiger partial charge on any atom is -0.872 e. The number of benzene rings is 3. The number of esters is 1. The predicted octanol–water partition coefficient (Wildman–Crippen LogP) is 0.698. The molecule has 0 N–H and O–H groups in total. The van der Waals surface area contributed by atoms with Crippen molar-refractivity contribution in [2.24, 2.45) is 0 Å². The summed E-state index contributed by atoms with van der Waals surface area (Å²) in [6, 6.07) is 15.7. The predicted molar refractivity (Wildman–Crippen MR) is 104 cm³/mol. The molecule has 0 amide bonds. The van der Waals surface area contributed by atoms with Gasteiger partial charge in [-0.25, -0.2) is 4.79 Å².